The van der Waals surface area contributed by atoms with Gasteiger partial charge in [0.1, 0.15) is 6.10 Å². The molecule has 0 amide bonds. The largest absolute Gasteiger partial charge is 0.459 e. The van der Waals surface area contributed by atoms with Crippen LogP contribution in [-0.2, 0) is 11.2 Å². The summed E-state index contributed by atoms with van der Waals surface area (Å²) in [7, 11) is 0. The number of ether oxygens (including phenoxy) is 1. The summed E-state index contributed by atoms with van der Waals surface area (Å²) in [5.74, 6) is 0.526. The minimum Gasteiger partial charge on any atom is -0.459 e. The molecule has 1 saturated carbocycles. The Kier molecular flexibility index (Phi) is 10.1. The molecule has 1 aromatic carbocycles. The molecule has 150 valence electrons. The summed E-state index contributed by atoms with van der Waals surface area (Å²) < 4.78 is 5.74. The van der Waals surface area contributed by atoms with Crippen LogP contribution < -0.4 is 0 Å². The predicted octanol–water partition coefficient (Wildman–Crippen LogP) is 6.55. The highest BCUT2D eigenvalue weighted by Gasteiger charge is 2.23. The molecule has 0 aromatic heterocycles. The Morgan fingerprint density at radius 3 is 2.57 bits per heavy atom. The molecule has 0 saturated heterocycles. The van der Waals surface area contributed by atoms with Gasteiger partial charge in [-0.25, -0.2) is 4.79 Å². The Morgan fingerprint density at radius 1 is 1.14 bits per heavy atom. The van der Waals surface area contributed by atoms with Gasteiger partial charge in [0.2, 0.25) is 0 Å². The second kappa shape index (κ2) is 12.9. The summed E-state index contributed by atoms with van der Waals surface area (Å²) >= 11 is 0. The van der Waals surface area contributed by atoms with Gasteiger partial charge in [-0.1, -0.05) is 50.1 Å². The summed E-state index contributed by atoms with van der Waals surface area (Å²) in [6, 6.07) is 9.91. The number of hydrogen-bond acceptors (Lipinski definition) is 3. The standard InChI is InChI=1S/C25H33NO2/c1-2-3-7-10-21-12-16-23(17-13-21)25(27)28-24-18-14-22(15-19-24)11-8-5-4-6-9-20-26/h4-6,9,12-13,16-17,22,24H,2-3,7-8,10-11,14-15,18-19H2,1H3. The quantitative estimate of drug-likeness (QED) is 0.200. The van der Waals surface area contributed by atoms with Crippen molar-refractivity contribution in [2.24, 2.45) is 5.92 Å². The maximum atomic E-state index is 12.4. The van der Waals surface area contributed by atoms with Crippen LogP contribution in [0.4, 0.5) is 0 Å². The molecule has 0 bridgehead atoms. The number of nitrogens with zero attached hydrogens (tertiary/aromatic N) is 1. The molecule has 0 radical (unpaired) electrons. The predicted molar refractivity (Wildman–Crippen MR) is 114 cm³/mol. The molecular weight excluding hydrogens is 346 g/mol. The van der Waals surface area contributed by atoms with Crippen LogP contribution in [0.1, 0.15) is 80.6 Å². The SMILES string of the molecule is CCCCCc1ccc(C(=O)OC2CCC(CCC=CC=CC#N)CC2)cc1. The van der Waals surface area contributed by atoms with Crippen molar-refractivity contribution < 1.29 is 9.53 Å². The molecule has 3 nitrogen and oxygen atoms in total. The van der Waals surface area contributed by atoms with Gasteiger partial charge in [0, 0.05) is 6.08 Å². The zero-order chi connectivity index (χ0) is 20.0. The molecule has 0 N–H and O–H groups in total. The number of carbonyl (C=O) groups is 1. The van der Waals surface area contributed by atoms with Crippen LogP contribution in [-0.4, -0.2) is 12.1 Å². The van der Waals surface area contributed by atoms with E-state index in [1.807, 2.05) is 24.3 Å². The van der Waals surface area contributed by atoms with E-state index in [9.17, 15) is 4.79 Å². The lowest BCUT2D eigenvalue weighted by atomic mass is 9.84. The zero-order valence-corrected chi connectivity index (χ0v) is 17.1. The van der Waals surface area contributed by atoms with E-state index in [2.05, 4.69) is 25.1 Å². The third kappa shape index (κ3) is 8.13. The summed E-state index contributed by atoms with van der Waals surface area (Å²) in [6.45, 7) is 2.21. The van der Waals surface area contributed by atoms with E-state index in [0.29, 0.717) is 11.5 Å². The highest BCUT2D eigenvalue weighted by atomic mass is 16.5. The topological polar surface area (TPSA) is 50.1 Å². The molecule has 28 heavy (non-hydrogen) atoms. The molecule has 2 rings (SSSR count). The van der Waals surface area contributed by atoms with Gasteiger partial charge in [0.05, 0.1) is 11.6 Å². The first kappa shape index (κ1) is 22.0. The summed E-state index contributed by atoms with van der Waals surface area (Å²) in [5.41, 5.74) is 1.96. The normalized spacial score (nSPS) is 19.7. The zero-order valence-electron chi connectivity index (χ0n) is 17.1. The molecule has 0 aliphatic heterocycles. The van der Waals surface area contributed by atoms with Crippen LogP contribution in [0.3, 0.4) is 0 Å². The molecule has 1 aliphatic rings. The number of benzene rings is 1. The number of hydrogen-bond donors (Lipinski definition) is 0. The van der Waals surface area contributed by atoms with Gasteiger partial charge in [-0.15, -0.1) is 0 Å². The van der Waals surface area contributed by atoms with Crippen molar-refractivity contribution in [2.45, 2.75) is 77.2 Å². The van der Waals surface area contributed by atoms with Gasteiger partial charge < -0.3 is 4.74 Å². The van der Waals surface area contributed by atoms with Crippen molar-refractivity contribution in [2.75, 3.05) is 0 Å². The Bertz CT molecular complexity index is 673. The Labute approximate surface area is 170 Å². The summed E-state index contributed by atoms with van der Waals surface area (Å²) in [4.78, 5) is 12.4. The van der Waals surface area contributed by atoms with Crippen LogP contribution in [0.25, 0.3) is 0 Å². The highest BCUT2D eigenvalue weighted by molar-refractivity contribution is 5.89. The Hall–Kier alpha value is -2.34. The van der Waals surface area contributed by atoms with E-state index in [-0.39, 0.29) is 12.1 Å². The van der Waals surface area contributed by atoms with Crippen molar-refractivity contribution in [3.05, 3.63) is 59.7 Å². The van der Waals surface area contributed by atoms with Gasteiger partial charge in [0.25, 0.3) is 0 Å². The van der Waals surface area contributed by atoms with Crippen LogP contribution in [0.15, 0.2) is 48.6 Å². The van der Waals surface area contributed by atoms with Gasteiger partial charge in [0.15, 0.2) is 0 Å². The first-order chi connectivity index (χ1) is 13.7. The van der Waals surface area contributed by atoms with E-state index in [4.69, 9.17) is 10.00 Å². The molecule has 0 unspecified atom stereocenters. The summed E-state index contributed by atoms with van der Waals surface area (Å²) in [5, 5.41) is 8.43. The van der Waals surface area contributed by atoms with Crippen LogP contribution in [0.2, 0.25) is 0 Å². The van der Waals surface area contributed by atoms with E-state index in [0.717, 1.165) is 44.9 Å². The lowest BCUT2D eigenvalue weighted by molar-refractivity contribution is 0.0162. The fourth-order valence-corrected chi connectivity index (χ4v) is 3.75. The molecular formula is C25H33NO2. The van der Waals surface area contributed by atoms with Crippen LogP contribution >= 0.6 is 0 Å². The maximum absolute atomic E-state index is 12.4. The molecule has 0 heterocycles. The molecule has 0 atom stereocenters. The van der Waals surface area contributed by atoms with E-state index < -0.39 is 0 Å². The van der Waals surface area contributed by atoms with Gasteiger partial charge in [-0.2, -0.15) is 5.26 Å². The average molecular weight is 380 g/mol. The number of esters is 1. The lowest BCUT2D eigenvalue weighted by Gasteiger charge is -2.28. The average Bonchev–Trinajstić information content (AvgIpc) is 2.72. The monoisotopic (exact) mass is 379 g/mol. The number of rotatable bonds is 10. The van der Waals surface area contributed by atoms with E-state index >= 15 is 0 Å². The van der Waals surface area contributed by atoms with Crippen LogP contribution in [0.5, 0.6) is 0 Å². The van der Waals surface area contributed by atoms with E-state index in [1.165, 1.54) is 30.9 Å². The number of nitriles is 1. The van der Waals surface area contributed by atoms with Gasteiger partial charge in [-0.3, -0.25) is 0 Å². The first-order valence-electron chi connectivity index (χ1n) is 10.7. The molecule has 1 aromatic rings. The van der Waals surface area contributed by atoms with Crippen molar-refractivity contribution >= 4 is 5.97 Å². The second-order valence-corrected chi connectivity index (χ2v) is 7.70. The van der Waals surface area contributed by atoms with Crippen molar-refractivity contribution in [1.82, 2.24) is 0 Å². The number of aryl methyl sites for hydroxylation is 1. The fraction of sp³-hybridized carbons (Fsp3) is 0.520. The third-order valence-electron chi connectivity index (χ3n) is 5.49. The van der Waals surface area contributed by atoms with Crippen molar-refractivity contribution in [3.8, 4) is 6.07 Å². The molecule has 1 fully saturated rings. The minimum atomic E-state index is -0.184. The Balaban J connectivity index is 1.68. The number of unbranched alkanes of at least 4 members (excludes halogenated alkanes) is 2. The molecule has 3 heteroatoms. The van der Waals surface area contributed by atoms with Gasteiger partial charge in [-0.05, 0) is 75.0 Å². The van der Waals surface area contributed by atoms with Gasteiger partial charge >= 0.3 is 5.97 Å². The first-order valence-corrected chi connectivity index (χ1v) is 10.7. The third-order valence-corrected chi connectivity index (χ3v) is 5.49. The maximum Gasteiger partial charge on any atom is 0.338 e. The highest BCUT2D eigenvalue weighted by Crippen LogP contribution is 2.30. The lowest BCUT2D eigenvalue weighted by Crippen LogP contribution is -2.24. The summed E-state index contributed by atoms with van der Waals surface area (Å²) in [6.07, 6.45) is 18.5. The fourth-order valence-electron chi connectivity index (χ4n) is 3.75. The minimum absolute atomic E-state index is 0.0575. The van der Waals surface area contributed by atoms with Crippen molar-refractivity contribution in [3.63, 3.8) is 0 Å². The molecule has 1 aliphatic carbocycles. The smallest absolute Gasteiger partial charge is 0.338 e. The van der Waals surface area contributed by atoms with Crippen LogP contribution in [0, 0.1) is 17.2 Å². The Morgan fingerprint density at radius 2 is 1.89 bits per heavy atom. The van der Waals surface area contributed by atoms with Crippen molar-refractivity contribution in [1.29, 1.82) is 5.26 Å². The molecule has 0 spiro atoms. The number of allylic oxidation sites excluding steroid dienone is 4. The second-order valence-electron chi connectivity index (χ2n) is 7.70. The number of carbonyl (C=O) groups excluding carboxylic acids is 1. The van der Waals surface area contributed by atoms with E-state index in [1.54, 1.807) is 6.08 Å².